The quantitative estimate of drug-likeness (QED) is 0.589. The highest BCUT2D eigenvalue weighted by molar-refractivity contribution is 7.97. The van der Waals surface area contributed by atoms with Gasteiger partial charge in [-0.3, -0.25) is 0 Å². The molecule has 0 unspecified atom stereocenters. The van der Waals surface area contributed by atoms with Crippen molar-refractivity contribution in [2.24, 2.45) is 7.05 Å². The van der Waals surface area contributed by atoms with Gasteiger partial charge in [-0.2, -0.15) is 11.8 Å². The zero-order valence-electron chi connectivity index (χ0n) is 5.40. The summed E-state index contributed by atoms with van der Waals surface area (Å²) >= 11 is 1.71. The summed E-state index contributed by atoms with van der Waals surface area (Å²) < 4.78 is 1.68. The van der Waals surface area contributed by atoms with Crippen LogP contribution >= 0.6 is 11.8 Å². The highest BCUT2D eigenvalue weighted by atomic mass is 32.2. The number of aryl methyl sites for hydroxylation is 1. The summed E-state index contributed by atoms with van der Waals surface area (Å²) in [6, 6.07) is 0. The summed E-state index contributed by atoms with van der Waals surface area (Å²) in [5.41, 5.74) is 0. The molecule has 0 fully saturated rings. The number of hydrogen-bond acceptors (Lipinski definition) is 4. The van der Waals surface area contributed by atoms with Crippen LogP contribution in [0.2, 0.25) is 0 Å². The van der Waals surface area contributed by atoms with Gasteiger partial charge in [0.15, 0.2) is 5.82 Å². The second-order valence-corrected chi connectivity index (χ2v) is 2.52. The summed E-state index contributed by atoms with van der Waals surface area (Å²) in [6.07, 6.45) is 2.02. The van der Waals surface area contributed by atoms with Crippen molar-refractivity contribution in [3.05, 3.63) is 5.82 Å². The first kappa shape index (κ1) is 6.54. The molecule has 0 N–H and O–H groups in total. The molecule has 0 spiro atoms. The maximum absolute atomic E-state index is 3.79. The first-order chi connectivity index (χ1) is 4.34. The fraction of sp³-hybridized carbons (Fsp3) is 0.750. The Morgan fingerprint density at radius 3 is 2.89 bits per heavy atom. The number of aromatic nitrogens is 4. The van der Waals surface area contributed by atoms with Crippen LogP contribution in [0.5, 0.6) is 0 Å². The van der Waals surface area contributed by atoms with Gasteiger partial charge in [0.2, 0.25) is 0 Å². The van der Waals surface area contributed by atoms with Gasteiger partial charge in [0.05, 0.1) is 5.75 Å². The van der Waals surface area contributed by atoms with Crippen molar-refractivity contribution in [3.63, 3.8) is 0 Å². The number of thioether (sulfide) groups is 1. The van der Waals surface area contributed by atoms with Crippen molar-refractivity contribution in [1.29, 1.82) is 0 Å². The second kappa shape index (κ2) is 2.82. The van der Waals surface area contributed by atoms with Crippen LogP contribution in [0.1, 0.15) is 5.82 Å². The van der Waals surface area contributed by atoms with E-state index in [9.17, 15) is 0 Å². The minimum atomic E-state index is 0.878. The minimum Gasteiger partial charge on any atom is -0.232 e. The van der Waals surface area contributed by atoms with E-state index in [4.69, 9.17) is 0 Å². The zero-order valence-corrected chi connectivity index (χ0v) is 6.22. The minimum absolute atomic E-state index is 0.878. The van der Waals surface area contributed by atoms with Gasteiger partial charge in [-0.1, -0.05) is 0 Å². The summed E-state index contributed by atoms with van der Waals surface area (Å²) in [5, 5.41) is 11.0. The van der Waals surface area contributed by atoms with Gasteiger partial charge in [0.25, 0.3) is 0 Å². The Balaban J connectivity index is 2.69. The smallest absolute Gasteiger partial charge is 0.160 e. The van der Waals surface area contributed by atoms with E-state index in [1.807, 2.05) is 13.3 Å². The molecule has 0 aliphatic rings. The van der Waals surface area contributed by atoms with E-state index >= 15 is 0 Å². The predicted molar refractivity (Wildman–Crippen MR) is 36.0 cm³/mol. The molecular formula is C4H8N4S. The summed E-state index contributed by atoms with van der Waals surface area (Å²) in [6.45, 7) is 0. The average Bonchev–Trinajstić information content (AvgIpc) is 2.18. The first-order valence-electron chi connectivity index (χ1n) is 2.54. The summed E-state index contributed by atoms with van der Waals surface area (Å²) in [4.78, 5) is 0. The molecular weight excluding hydrogens is 136 g/mol. The van der Waals surface area contributed by atoms with Crippen LogP contribution in [0.4, 0.5) is 0 Å². The molecule has 0 saturated carbocycles. The fourth-order valence-electron chi connectivity index (χ4n) is 0.499. The molecule has 0 bridgehead atoms. The van der Waals surface area contributed by atoms with Crippen LogP contribution in [0.3, 0.4) is 0 Å². The largest absolute Gasteiger partial charge is 0.232 e. The molecule has 0 aromatic carbocycles. The lowest BCUT2D eigenvalue weighted by atomic mass is 10.7. The van der Waals surface area contributed by atoms with Gasteiger partial charge in [-0.15, -0.1) is 5.10 Å². The molecule has 1 aromatic rings. The molecule has 1 heterocycles. The Hall–Kier alpha value is -0.580. The van der Waals surface area contributed by atoms with Gasteiger partial charge >= 0.3 is 0 Å². The van der Waals surface area contributed by atoms with E-state index in [2.05, 4.69) is 15.5 Å². The van der Waals surface area contributed by atoms with Gasteiger partial charge in [0, 0.05) is 7.05 Å². The normalized spacial score (nSPS) is 10.0. The highest BCUT2D eigenvalue weighted by Crippen LogP contribution is 2.01. The van der Waals surface area contributed by atoms with E-state index in [-0.39, 0.29) is 0 Å². The van der Waals surface area contributed by atoms with E-state index in [1.165, 1.54) is 0 Å². The first-order valence-corrected chi connectivity index (χ1v) is 3.94. The molecule has 1 rings (SSSR count). The van der Waals surface area contributed by atoms with E-state index in [0.717, 1.165) is 11.6 Å². The molecule has 0 aliphatic carbocycles. The summed E-state index contributed by atoms with van der Waals surface area (Å²) in [7, 11) is 1.84. The predicted octanol–water partition coefficient (Wildman–Crippen LogP) is 0.0731. The third kappa shape index (κ3) is 1.41. The van der Waals surface area contributed by atoms with Crippen LogP contribution in [0.15, 0.2) is 0 Å². The van der Waals surface area contributed by atoms with Crippen molar-refractivity contribution in [3.8, 4) is 0 Å². The van der Waals surface area contributed by atoms with Gasteiger partial charge in [0.1, 0.15) is 0 Å². The number of nitrogens with zero attached hydrogens (tertiary/aromatic N) is 4. The number of hydrogen-bond donors (Lipinski definition) is 0. The van der Waals surface area contributed by atoms with Crippen molar-refractivity contribution in [2.45, 2.75) is 5.75 Å². The van der Waals surface area contributed by atoms with Crippen molar-refractivity contribution in [2.75, 3.05) is 6.26 Å². The maximum atomic E-state index is 3.79. The van der Waals surface area contributed by atoms with Crippen LogP contribution in [-0.2, 0) is 12.8 Å². The van der Waals surface area contributed by atoms with E-state index in [0.29, 0.717) is 0 Å². The van der Waals surface area contributed by atoms with E-state index in [1.54, 1.807) is 16.4 Å². The lowest BCUT2D eigenvalue weighted by Crippen LogP contribution is -1.96. The van der Waals surface area contributed by atoms with Crippen LogP contribution in [0.25, 0.3) is 0 Å². The molecule has 1 aromatic heterocycles. The fourth-order valence-corrected chi connectivity index (χ4v) is 1.00. The number of rotatable bonds is 2. The zero-order chi connectivity index (χ0) is 6.69. The SMILES string of the molecule is CSCc1nnnn1C. The van der Waals surface area contributed by atoms with Crippen LogP contribution < -0.4 is 0 Å². The van der Waals surface area contributed by atoms with Crippen molar-refractivity contribution < 1.29 is 0 Å². The van der Waals surface area contributed by atoms with Gasteiger partial charge in [-0.25, -0.2) is 4.68 Å². The van der Waals surface area contributed by atoms with E-state index < -0.39 is 0 Å². The number of tetrazole rings is 1. The molecule has 0 amide bonds. The standard InChI is InChI=1S/C4H8N4S/c1-8-4(3-9-2)5-6-7-8/h3H2,1-2H3. The maximum Gasteiger partial charge on any atom is 0.160 e. The molecule has 50 valence electrons. The topological polar surface area (TPSA) is 43.6 Å². The third-order valence-electron chi connectivity index (χ3n) is 0.981. The monoisotopic (exact) mass is 144 g/mol. The molecule has 9 heavy (non-hydrogen) atoms. The summed E-state index contributed by atoms with van der Waals surface area (Å²) in [5.74, 6) is 1.80. The van der Waals surface area contributed by atoms with Crippen molar-refractivity contribution >= 4 is 11.8 Å². The average molecular weight is 144 g/mol. The van der Waals surface area contributed by atoms with Crippen LogP contribution in [0, 0.1) is 0 Å². The molecule has 0 radical (unpaired) electrons. The lowest BCUT2D eigenvalue weighted by Gasteiger charge is -1.91. The second-order valence-electron chi connectivity index (χ2n) is 1.65. The molecule has 5 heteroatoms. The molecule has 0 saturated heterocycles. The Morgan fingerprint density at radius 2 is 2.44 bits per heavy atom. The molecule has 0 atom stereocenters. The molecule has 4 nitrogen and oxygen atoms in total. The van der Waals surface area contributed by atoms with Crippen LogP contribution in [-0.4, -0.2) is 26.5 Å². The van der Waals surface area contributed by atoms with Crippen molar-refractivity contribution in [1.82, 2.24) is 20.2 Å². The van der Waals surface area contributed by atoms with Gasteiger partial charge in [-0.05, 0) is 16.7 Å². The highest BCUT2D eigenvalue weighted by Gasteiger charge is 1.97. The Morgan fingerprint density at radius 1 is 1.67 bits per heavy atom. The Bertz CT molecular complexity index is 184. The molecule has 0 aliphatic heterocycles. The van der Waals surface area contributed by atoms with Gasteiger partial charge < -0.3 is 0 Å². The lowest BCUT2D eigenvalue weighted by molar-refractivity contribution is 0.693. The Kier molecular flexibility index (Phi) is 2.05. The third-order valence-corrected chi connectivity index (χ3v) is 1.53. The Labute approximate surface area is 57.6 Å².